The molecule has 2 fully saturated rings. The van der Waals surface area contributed by atoms with E-state index in [0.29, 0.717) is 0 Å². The van der Waals surface area contributed by atoms with Gasteiger partial charge in [0.05, 0.1) is 0 Å². The lowest BCUT2D eigenvalue weighted by atomic mass is 9.79. The largest absolute Gasteiger partial charge is 0.381 e. The molecule has 12 heavy (non-hydrogen) atoms. The molecule has 2 heteroatoms. The molecular formula is C10H17BrO. The van der Waals surface area contributed by atoms with Crippen LogP contribution in [-0.2, 0) is 4.74 Å². The van der Waals surface area contributed by atoms with Crippen molar-refractivity contribution in [1.82, 2.24) is 0 Å². The third-order valence-electron chi connectivity index (χ3n) is 3.30. The Morgan fingerprint density at radius 1 is 1.08 bits per heavy atom. The van der Waals surface area contributed by atoms with Crippen LogP contribution in [-0.4, -0.2) is 18.0 Å². The third kappa shape index (κ3) is 1.85. The second-order valence-corrected chi connectivity index (χ2v) is 5.26. The molecule has 2 aliphatic rings. The molecule has 1 heterocycles. The highest BCUT2D eigenvalue weighted by atomic mass is 79.9. The molecule has 0 N–H and O–H groups in total. The average Bonchev–Trinajstić information content (AvgIpc) is 2.57. The minimum absolute atomic E-state index is 0.776. The standard InChI is InChI=1S/C10H17BrO/c11-10-4-2-1-3-9(10)8-5-6-12-7-8/h8-10H,1-7H2. The Hall–Kier alpha value is 0.440. The molecule has 0 amide bonds. The van der Waals surface area contributed by atoms with Gasteiger partial charge in [0, 0.05) is 18.0 Å². The summed E-state index contributed by atoms with van der Waals surface area (Å²) in [5, 5.41) is 0. The zero-order chi connectivity index (χ0) is 8.39. The summed E-state index contributed by atoms with van der Waals surface area (Å²) in [5.74, 6) is 1.76. The molecule has 0 bridgehead atoms. The van der Waals surface area contributed by atoms with E-state index < -0.39 is 0 Å². The summed E-state index contributed by atoms with van der Waals surface area (Å²) in [6.45, 7) is 2.02. The zero-order valence-corrected chi connectivity index (χ0v) is 9.05. The van der Waals surface area contributed by atoms with Crippen LogP contribution in [0.4, 0.5) is 0 Å². The molecule has 3 unspecified atom stereocenters. The Morgan fingerprint density at radius 3 is 2.58 bits per heavy atom. The molecule has 0 aromatic heterocycles. The van der Waals surface area contributed by atoms with Gasteiger partial charge in [-0.05, 0) is 31.1 Å². The monoisotopic (exact) mass is 232 g/mol. The molecular weight excluding hydrogens is 216 g/mol. The van der Waals surface area contributed by atoms with Crippen LogP contribution in [0.5, 0.6) is 0 Å². The van der Waals surface area contributed by atoms with Crippen LogP contribution in [0.2, 0.25) is 0 Å². The second-order valence-electron chi connectivity index (χ2n) is 4.09. The van der Waals surface area contributed by atoms with Gasteiger partial charge in [-0.25, -0.2) is 0 Å². The van der Waals surface area contributed by atoms with E-state index in [-0.39, 0.29) is 0 Å². The van der Waals surface area contributed by atoms with Crippen LogP contribution in [0.25, 0.3) is 0 Å². The van der Waals surface area contributed by atoms with Crippen molar-refractivity contribution in [2.24, 2.45) is 11.8 Å². The van der Waals surface area contributed by atoms with Crippen molar-refractivity contribution in [3.05, 3.63) is 0 Å². The molecule has 1 aliphatic carbocycles. The average molecular weight is 233 g/mol. The topological polar surface area (TPSA) is 9.23 Å². The van der Waals surface area contributed by atoms with Gasteiger partial charge in [0.2, 0.25) is 0 Å². The number of rotatable bonds is 1. The minimum atomic E-state index is 0.776. The Kier molecular flexibility index (Phi) is 3.08. The number of hydrogen-bond acceptors (Lipinski definition) is 1. The van der Waals surface area contributed by atoms with Gasteiger partial charge in [-0.15, -0.1) is 0 Å². The van der Waals surface area contributed by atoms with E-state index >= 15 is 0 Å². The van der Waals surface area contributed by atoms with Crippen molar-refractivity contribution in [3.8, 4) is 0 Å². The summed E-state index contributed by atoms with van der Waals surface area (Å²) in [6.07, 6.45) is 6.95. The SMILES string of the molecule is BrC1CCCCC1C1CCOC1. The molecule has 1 saturated heterocycles. The molecule has 0 aromatic carbocycles. The normalized spacial score (nSPS) is 43.2. The smallest absolute Gasteiger partial charge is 0.0498 e. The minimum Gasteiger partial charge on any atom is -0.381 e. The van der Waals surface area contributed by atoms with E-state index in [4.69, 9.17) is 4.74 Å². The van der Waals surface area contributed by atoms with E-state index in [9.17, 15) is 0 Å². The maximum absolute atomic E-state index is 5.44. The molecule has 1 saturated carbocycles. The van der Waals surface area contributed by atoms with Crippen molar-refractivity contribution in [2.45, 2.75) is 36.9 Å². The summed E-state index contributed by atoms with van der Waals surface area (Å²) in [7, 11) is 0. The Bertz CT molecular complexity index is 143. The fourth-order valence-electron chi connectivity index (χ4n) is 2.54. The molecule has 0 aromatic rings. The highest BCUT2D eigenvalue weighted by Gasteiger charge is 2.32. The zero-order valence-electron chi connectivity index (χ0n) is 7.47. The summed E-state index contributed by atoms with van der Waals surface area (Å²) >= 11 is 3.81. The van der Waals surface area contributed by atoms with E-state index in [1.54, 1.807) is 0 Å². The van der Waals surface area contributed by atoms with Gasteiger partial charge in [0.15, 0.2) is 0 Å². The van der Waals surface area contributed by atoms with Crippen molar-refractivity contribution >= 4 is 15.9 Å². The molecule has 2 rings (SSSR count). The first-order valence-electron chi connectivity index (χ1n) is 5.10. The molecule has 0 radical (unpaired) electrons. The second kappa shape index (κ2) is 4.10. The first-order chi connectivity index (χ1) is 5.88. The Labute approximate surface area is 83.0 Å². The van der Waals surface area contributed by atoms with Gasteiger partial charge in [-0.2, -0.15) is 0 Å². The van der Waals surface area contributed by atoms with Gasteiger partial charge in [-0.1, -0.05) is 28.8 Å². The van der Waals surface area contributed by atoms with Crippen molar-refractivity contribution in [3.63, 3.8) is 0 Å². The maximum atomic E-state index is 5.44. The Morgan fingerprint density at radius 2 is 1.92 bits per heavy atom. The fraction of sp³-hybridized carbons (Fsp3) is 1.00. The van der Waals surface area contributed by atoms with Crippen LogP contribution in [0.3, 0.4) is 0 Å². The van der Waals surface area contributed by atoms with E-state index in [0.717, 1.165) is 29.9 Å². The lowest BCUT2D eigenvalue weighted by Crippen LogP contribution is -2.27. The fourth-order valence-corrected chi connectivity index (χ4v) is 3.56. The lowest BCUT2D eigenvalue weighted by molar-refractivity contribution is 0.163. The van der Waals surface area contributed by atoms with Crippen molar-refractivity contribution < 1.29 is 4.74 Å². The number of halogens is 1. The predicted molar refractivity (Wildman–Crippen MR) is 53.6 cm³/mol. The van der Waals surface area contributed by atoms with E-state index in [1.807, 2.05) is 0 Å². The van der Waals surface area contributed by atoms with Crippen molar-refractivity contribution in [1.29, 1.82) is 0 Å². The first kappa shape index (κ1) is 9.01. The summed E-state index contributed by atoms with van der Waals surface area (Å²) in [4.78, 5) is 0.776. The van der Waals surface area contributed by atoms with Gasteiger partial charge >= 0.3 is 0 Å². The van der Waals surface area contributed by atoms with Crippen LogP contribution >= 0.6 is 15.9 Å². The van der Waals surface area contributed by atoms with E-state index in [2.05, 4.69) is 15.9 Å². The number of ether oxygens (including phenoxy) is 1. The number of alkyl halides is 1. The summed E-state index contributed by atoms with van der Waals surface area (Å²) < 4.78 is 5.44. The summed E-state index contributed by atoms with van der Waals surface area (Å²) in [6, 6.07) is 0. The third-order valence-corrected chi connectivity index (χ3v) is 4.44. The van der Waals surface area contributed by atoms with Gasteiger partial charge in [0.1, 0.15) is 0 Å². The molecule has 1 aliphatic heterocycles. The van der Waals surface area contributed by atoms with Crippen LogP contribution in [0, 0.1) is 11.8 Å². The van der Waals surface area contributed by atoms with Crippen LogP contribution in [0.1, 0.15) is 32.1 Å². The molecule has 0 spiro atoms. The Balaban J connectivity index is 1.91. The quantitative estimate of drug-likeness (QED) is 0.632. The maximum Gasteiger partial charge on any atom is 0.0498 e. The highest BCUT2D eigenvalue weighted by Crippen LogP contribution is 2.38. The van der Waals surface area contributed by atoms with Gasteiger partial charge in [0.25, 0.3) is 0 Å². The number of hydrogen-bond donors (Lipinski definition) is 0. The van der Waals surface area contributed by atoms with Gasteiger partial charge in [-0.3, -0.25) is 0 Å². The molecule has 70 valence electrons. The lowest BCUT2D eigenvalue weighted by Gasteiger charge is -2.31. The highest BCUT2D eigenvalue weighted by molar-refractivity contribution is 9.09. The van der Waals surface area contributed by atoms with Crippen molar-refractivity contribution in [2.75, 3.05) is 13.2 Å². The van der Waals surface area contributed by atoms with E-state index in [1.165, 1.54) is 32.1 Å². The summed E-state index contributed by atoms with van der Waals surface area (Å²) in [5.41, 5.74) is 0. The first-order valence-corrected chi connectivity index (χ1v) is 6.01. The molecule has 1 nitrogen and oxygen atoms in total. The van der Waals surface area contributed by atoms with Crippen LogP contribution in [0.15, 0.2) is 0 Å². The van der Waals surface area contributed by atoms with Crippen LogP contribution < -0.4 is 0 Å². The molecule has 3 atom stereocenters. The van der Waals surface area contributed by atoms with Gasteiger partial charge < -0.3 is 4.74 Å². The predicted octanol–water partition coefficient (Wildman–Crippen LogP) is 2.98.